The minimum Gasteiger partial charge on any atom is -0.395 e. The number of aliphatic hydroxyl groups excluding tert-OH is 1. The van der Waals surface area contributed by atoms with Crippen LogP contribution in [-0.4, -0.2) is 35.0 Å². The van der Waals surface area contributed by atoms with Crippen LogP contribution in [0.5, 0.6) is 0 Å². The van der Waals surface area contributed by atoms with Crippen LogP contribution in [0.25, 0.3) is 0 Å². The van der Waals surface area contributed by atoms with Crippen LogP contribution in [0.4, 0.5) is 0 Å². The number of rotatable bonds is 4. The summed E-state index contributed by atoms with van der Waals surface area (Å²) in [6, 6.07) is 2.02. The van der Waals surface area contributed by atoms with Crippen molar-refractivity contribution in [2.24, 2.45) is 0 Å². The van der Waals surface area contributed by atoms with Gasteiger partial charge in [-0.15, -0.1) is 0 Å². The van der Waals surface area contributed by atoms with Crippen LogP contribution in [0.1, 0.15) is 5.69 Å². The summed E-state index contributed by atoms with van der Waals surface area (Å²) in [5, 5.41) is 18.5. The summed E-state index contributed by atoms with van der Waals surface area (Å²) < 4.78 is 0. The molecule has 0 aliphatic rings. The molecule has 1 unspecified atom stereocenters. The molecule has 1 atom stereocenters. The quantitative estimate of drug-likeness (QED) is 0.551. The highest BCUT2D eigenvalue weighted by Gasteiger charge is 2.05. The summed E-state index contributed by atoms with van der Waals surface area (Å²) in [5.41, 5.74) is 1.04. The number of aromatic amines is 1. The lowest BCUT2D eigenvalue weighted by Gasteiger charge is -2.10. The van der Waals surface area contributed by atoms with Gasteiger partial charge in [0.25, 0.3) is 0 Å². The van der Waals surface area contributed by atoms with E-state index in [1.165, 1.54) is 0 Å². The summed E-state index contributed by atoms with van der Waals surface area (Å²) in [6.45, 7) is 0.148. The third-order valence-corrected chi connectivity index (χ3v) is 1.65. The van der Waals surface area contributed by atoms with Gasteiger partial charge in [-0.2, -0.15) is 5.10 Å². The fourth-order valence-electron chi connectivity index (χ4n) is 0.922. The zero-order valence-electron chi connectivity index (χ0n) is 6.54. The van der Waals surface area contributed by atoms with Crippen LogP contribution >= 0.6 is 0 Å². The van der Waals surface area contributed by atoms with Crippen molar-refractivity contribution in [3.63, 3.8) is 0 Å². The van der Waals surface area contributed by atoms with Crippen molar-refractivity contribution in [3.8, 4) is 0 Å². The number of aliphatic hydroxyl groups is 1. The molecule has 4 heteroatoms. The van der Waals surface area contributed by atoms with E-state index >= 15 is 0 Å². The SMILES string of the molecule is CNC(CO)Cc1ccn[nH]1. The minimum absolute atomic E-state index is 0.121. The molecule has 0 bridgehead atoms. The molecular weight excluding hydrogens is 142 g/mol. The topological polar surface area (TPSA) is 60.9 Å². The fraction of sp³-hybridized carbons (Fsp3) is 0.571. The van der Waals surface area contributed by atoms with E-state index in [2.05, 4.69) is 15.5 Å². The van der Waals surface area contributed by atoms with E-state index in [4.69, 9.17) is 5.11 Å². The van der Waals surface area contributed by atoms with Crippen LogP contribution in [0.2, 0.25) is 0 Å². The molecule has 3 N–H and O–H groups in total. The van der Waals surface area contributed by atoms with E-state index in [1.807, 2.05) is 13.1 Å². The van der Waals surface area contributed by atoms with Crippen molar-refractivity contribution < 1.29 is 5.11 Å². The third kappa shape index (κ3) is 2.32. The Kier molecular flexibility index (Phi) is 3.07. The Morgan fingerprint density at radius 3 is 3.09 bits per heavy atom. The molecule has 62 valence electrons. The number of aromatic nitrogens is 2. The molecule has 1 aromatic heterocycles. The highest BCUT2D eigenvalue weighted by Crippen LogP contribution is 1.96. The molecule has 0 radical (unpaired) electrons. The molecule has 1 heterocycles. The second kappa shape index (κ2) is 4.10. The average molecular weight is 155 g/mol. The monoisotopic (exact) mass is 155 g/mol. The van der Waals surface area contributed by atoms with Crippen LogP contribution in [-0.2, 0) is 6.42 Å². The van der Waals surface area contributed by atoms with Crippen molar-refractivity contribution in [2.45, 2.75) is 12.5 Å². The van der Waals surface area contributed by atoms with Gasteiger partial charge in [0.15, 0.2) is 0 Å². The molecule has 0 aliphatic heterocycles. The first kappa shape index (κ1) is 8.23. The van der Waals surface area contributed by atoms with Gasteiger partial charge in [0.1, 0.15) is 0 Å². The van der Waals surface area contributed by atoms with Gasteiger partial charge >= 0.3 is 0 Å². The maximum Gasteiger partial charge on any atom is 0.0588 e. The Hall–Kier alpha value is -0.870. The molecule has 1 aromatic rings. The molecule has 0 saturated carbocycles. The van der Waals surface area contributed by atoms with E-state index in [1.54, 1.807) is 6.20 Å². The fourth-order valence-corrected chi connectivity index (χ4v) is 0.922. The van der Waals surface area contributed by atoms with Crippen molar-refractivity contribution in [1.82, 2.24) is 15.5 Å². The summed E-state index contributed by atoms with van der Waals surface area (Å²) in [7, 11) is 1.83. The van der Waals surface area contributed by atoms with Gasteiger partial charge in [0, 0.05) is 24.4 Å². The molecule has 0 amide bonds. The van der Waals surface area contributed by atoms with E-state index in [9.17, 15) is 0 Å². The van der Waals surface area contributed by atoms with Crippen LogP contribution in [0.3, 0.4) is 0 Å². The van der Waals surface area contributed by atoms with E-state index < -0.39 is 0 Å². The highest BCUT2D eigenvalue weighted by atomic mass is 16.3. The highest BCUT2D eigenvalue weighted by molar-refractivity contribution is 4.99. The summed E-state index contributed by atoms with van der Waals surface area (Å²) in [6.07, 6.45) is 2.49. The summed E-state index contributed by atoms with van der Waals surface area (Å²) in [4.78, 5) is 0. The molecule has 0 saturated heterocycles. The molecule has 11 heavy (non-hydrogen) atoms. The molecule has 0 aromatic carbocycles. The van der Waals surface area contributed by atoms with E-state index in [0.29, 0.717) is 0 Å². The van der Waals surface area contributed by atoms with Crippen molar-refractivity contribution in [1.29, 1.82) is 0 Å². The van der Waals surface area contributed by atoms with Crippen LogP contribution in [0, 0.1) is 0 Å². The van der Waals surface area contributed by atoms with E-state index in [0.717, 1.165) is 12.1 Å². The Bertz CT molecular complexity index is 182. The average Bonchev–Trinajstić information content (AvgIpc) is 2.52. The van der Waals surface area contributed by atoms with Crippen LogP contribution in [0.15, 0.2) is 12.3 Å². The number of likely N-dealkylation sites (N-methyl/N-ethyl adjacent to an activating group) is 1. The largest absolute Gasteiger partial charge is 0.395 e. The second-order valence-electron chi connectivity index (χ2n) is 2.45. The van der Waals surface area contributed by atoms with Gasteiger partial charge in [-0.3, -0.25) is 5.10 Å². The second-order valence-corrected chi connectivity index (χ2v) is 2.45. The van der Waals surface area contributed by atoms with Gasteiger partial charge in [-0.25, -0.2) is 0 Å². The Balaban J connectivity index is 2.41. The molecule has 0 spiro atoms. The normalized spacial score (nSPS) is 13.3. The lowest BCUT2D eigenvalue weighted by Crippen LogP contribution is -2.31. The van der Waals surface area contributed by atoms with Gasteiger partial charge < -0.3 is 10.4 Å². The Labute approximate surface area is 65.6 Å². The molecule has 4 nitrogen and oxygen atoms in total. The first-order chi connectivity index (χ1) is 5.36. The summed E-state index contributed by atoms with van der Waals surface area (Å²) >= 11 is 0. The van der Waals surface area contributed by atoms with Crippen LogP contribution < -0.4 is 5.32 Å². The van der Waals surface area contributed by atoms with Crippen molar-refractivity contribution in [2.75, 3.05) is 13.7 Å². The number of nitrogens with zero attached hydrogens (tertiary/aromatic N) is 1. The first-order valence-electron chi connectivity index (χ1n) is 3.63. The molecule has 1 rings (SSSR count). The van der Waals surface area contributed by atoms with Gasteiger partial charge in [-0.05, 0) is 13.1 Å². The summed E-state index contributed by atoms with van der Waals surface area (Å²) in [5.74, 6) is 0. The number of hydrogen-bond acceptors (Lipinski definition) is 3. The minimum atomic E-state index is 0.121. The van der Waals surface area contributed by atoms with E-state index in [-0.39, 0.29) is 12.6 Å². The predicted molar refractivity (Wildman–Crippen MR) is 42.2 cm³/mol. The third-order valence-electron chi connectivity index (χ3n) is 1.65. The molecular formula is C7H13N3O. The predicted octanol–water partition coefficient (Wildman–Crippen LogP) is -0.468. The van der Waals surface area contributed by atoms with Gasteiger partial charge in [0.05, 0.1) is 6.61 Å². The van der Waals surface area contributed by atoms with Crippen molar-refractivity contribution in [3.05, 3.63) is 18.0 Å². The number of nitrogens with one attached hydrogen (secondary N) is 2. The Morgan fingerprint density at radius 1 is 1.82 bits per heavy atom. The smallest absolute Gasteiger partial charge is 0.0588 e. The molecule has 0 fully saturated rings. The zero-order valence-corrected chi connectivity index (χ0v) is 6.54. The zero-order chi connectivity index (χ0) is 8.10. The number of H-pyrrole nitrogens is 1. The first-order valence-corrected chi connectivity index (χ1v) is 3.63. The lowest BCUT2D eigenvalue weighted by atomic mass is 10.2. The lowest BCUT2D eigenvalue weighted by molar-refractivity contribution is 0.247. The number of hydrogen-bond donors (Lipinski definition) is 3. The van der Waals surface area contributed by atoms with Crippen molar-refractivity contribution >= 4 is 0 Å². The Morgan fingerprint density at radius 2 is 2.64 bits per heavy atom. The maximum absolute atomic E-state index is 8.83. The maximum atomic E-state index is 8.83. The van der Waals surface area contributed by atoms with Gasteiger partial charge in [-0.1, -0.05) is 0 Å². The molecule has 0 aliphatic carbocycles. The van der Waals surface area contributed by atoms with Gasteiger partial charge in [0.2, 0.25) is 0 Å². The standard InChI is InChI=1S/C7H13N3O/c1-8-7(5-11)4-6-2-3-9-10-6/h2-3,7-8,11H,4-5H2,1H3,(H,9,10).